The van der Waals surface area contributed by atoms with E-state index in [0.29, 0.717) is 0 Å². The molecular weight excluding hydrogens is 267 g/mol. The number of hydrogen-bond acceptors (Lipinski definition) is 0. The quantitative estimate of drug-likeness (QED) is 0.422. The SMILES string of the molecule is Cc1[c-]c(C)c[c-]c1.[Rb+].[Rb+]. The van der Waals surface area contributed by atoms with Crippen LogP contribution in [0.5, 0.6) is 0 Å². The molecular formula is C8H8Rb2. The molecule has 0 bridgehead atoms. The molecule has 0 saturated carbocycles. The fourth-order valence-electron chi connectivity index (χ4n) is 0.675. The standard InChI is InChI=1S/C8H8.2Rb/c1-7-4-3-5-8(2)6-7;;/h4-5H,1-2H3;;/q-2;2*+1. The second-order valence-electron chi connectivity index (χ2n) is 1.95. The second kappa shape index (κ2) is 8.43. The van der Waals surface area contributed by atoms with Gasteiger partial charge in [-0.05, 0) is 0 Å². The van der Waals surface area contributed by atoms with Gasteiger partial charge in [0.2, 0.25) is 0 Å². The van der Waals surface area contributed by atoms with Crippen LogP contribution in [0.2, 0.25) is 0 Å². The van der Waals surface area contributed by atoms with E-state index in [1.165, 1.54) is 0 Å². The Hall–Kier alpha value is 2.83. The van der Waals surface area contributed by atoms with E-state index in [0.717, 1.165) is 11.1 Å². The van der Waals surface area contributed by atoms with Crippen LogP contribution in [0.3, 0.4) is 0 Å². The van der Waals surface area contributed by atoms with Gasteiger partial charge >= 0.3 is 116 Å². The summed E-state index contributed by atoms with van der Waals surface area (Å²) in [4.78, 5) is 0. The molecule has 0 atom stereocenters. The molecule has 0 radical (unpaired) electrons. The van der Waals surface area contributed by atoms with Gasteiger partial charge in [0.25, 0.3) is 0 Å². The normalized spacial score (nSPS) is 7.40. The summed E-state index contributed by atoms with van der Waals surface area (Å²) in [6.07, 6.45) is 0. The summed E-state index contributed by atoms with van der Waals surface area (Å²) >= 11 is 0. The van der Waals surface area contributed by atoms with Gasteiger partial charge < -0.3 is 12.1 Å². The molecule has 0 N–H and O–H groups in total. The maximum atomic E-state index is 3.14. The Morgan fingerprint density at radius 1 is 1.00 bits per heavy atom. The fraction of sp³-hybridized carbons (Fsp3) is 0.250. The predicted molar refractivity (Wildman–Crippen MR) is 33.6 cm³/mol. The maximum Gasteiger partial charge on any atom is 1.00 e. The van der Waals surface area contributed by atoms with Gasteiger partial charge in [-0.3, -0.25) is 23.3 Å². The van der Waals surface area contributed by atoms with E-state index >= 15 is 0 Å². The van der Waals surface area contributed by atoms with E-state index in [1.807, 2.05) is 26.0 Å². The molecule has 0 heterocycles. The first-order valence-corrected chi connectivity index (χ1v) is 2.65. The van der Waals surface area contributed by atoms with Crippen molar-refractivity contribution in [2.24, 2.45) is 0 Å². The third-order valence-electron chi connectivity index (χ3n) is 0.994. The van der Waals surface area contributed by atoms with E-state index in [4.69, 9.17) is 0 Å². The van der Waals surface area contributed by atoms with Gasteiger partial charge in [-0.2, -0.15) is 0 Å². The zero-order chi connectivity index (χ0) is 5.98. The van der Waals surface area contributed by atoms with E-state index in [1.54, 1.807) is 0 Å². The van der Waals surface area contributed by atoms with Crippen LogP contribution in [0.25, 0.3) is 0 Å². The molecule has 0 saturated heterocycles. The third kappa shape index (κ3) is 6.36. The smallest absolute Gasteiger partial charge is 0.319 e. The molecule has 0 aliphatic rings. The van der Waals surface area contributed by atoms with Gasteiger partial charge in [-0.25, -0.2) is 0 Å². The Morgan fingerprint density at radius 2 is 1.40 bits per heavy atom. The van der Waals surface area contributed by atoms with Crippen molar-refractivity contribution in [3.8, 4) is 0 Å². The summed E-state index contributed by atoms with van der Waals surface area (Å²) < 4.78 is 0. The summed E-state index contributed by atoms with van der Waals surface area (Å²) in [5, 5.41) is 0. The van der Waals surface area contributed by atoms with Gasteiger partial charge in [0.05, 0.1) is 0 Å². The zero-order valence-corrected chi connectivity index (χ0v) is 17.0. The van der Waals surface area contributed by atoms with E-state index in [2.05, 4.69) is 12.1 Å². The van der Waals surface area contributed by atoms with Gasteiger partial charge in [0, 0.05) is 0 Å². The minimum atomic E-state index is 0. The van der Waals surface area contributed by atoms with Crippen LogP contribution in [0, 0.1) is 26.0 Å². The Labute approximate surface area is 161 Å². The first-order chi connectivity index (χ1) is 3.79. The molecule has 1 aromatic carbocycles. The van der Waals surface area contributed by atoms with Crippen molar-refractivity contribution in [3.05, 3.63) is 35.4 Å². The monoisotopic (exact) mass is 274 g/mol. The van der Waals surface area contributed by atoms with Gasteiger partial charge in [-0.1, -0.05) is 0 Å². The van der Waals surface area contributed by atoms with Crippen molar-refractivity contribution in [2.45, 2.75) is 13.8 Å². The Kier molecular flexibility index (Phi) is 12.9. The molecule has 1 rings (SSSR count). The summed E-state index contributed by atoms with van der Waals surface area (Å²) in [6.45, 7) is 4.03. The van der Waals surface area contributed by atoms with Crippen LogP contribution >= 0.6 is 0 Å². The van der Waals surface area contributed by atoms with E-state index in [9.17, 15) is 0 Å². The minimum absolute atomic E-state index is 0. The first kappa shape index (κ1) is 15.3. The van der Waals surface area contributed by atoms with Crippen molar-refractivity contribution in [3.63, 3.8) is 0 Å². The van der Waals surface area contributed by atoms with Gasteiger partial charge in [-0.15, -0.1) is 13.8 Å². The summed E-state index contributed by atoms with van der Waals surface area (Å²) in [5.41, 5.74) is 2.31. The maximum absolute atomic E-state index is 3.14. The number of benzene rings is 1. The Balaban J connectivity index is 0. The van der Waals surface area contributed by atoms with Crippen molar-refractivity contribution in [1.29, 1.82) is 0 Å². The molecule has 0 amide bonds. The van der Waals surface area contributed by atoms with Gasteiger partial charge in [0.1, 0.15) is 0 Å². The van der Waals surface area contributed by atoms with Crippen LogP contribution < -0.4 is 116 Å². The molecule has 0 nitrogen and oxygen atoms in total. The Morgan fingerprint density at radius 3 is 1.60 bits per heavy atom. The molecule has 10 heavy (non-hydrogen) atoms. The zero-order valence-electron chi connectivity index (χ0n) is 7.15. The molecule has 0 aliphatic heterocycles. The van der Waals surface area contributed by atoms with Crippen molar-refractivity contribution in [2.75, 3.05) is 0 Å². The fourth-order valence-corrected chi connectivity index (χ4v) is 0.675. The first-order valence-electron chi connectivity index (χ1n) is 2.65. The molecule has 0 aliphatic carbocycles. The number of rotatable bonds is 0. The van der Waals surface area contributed by atoms with Gasteiger partial charge in [0.15, 0.2) is 0 Å². The van der Waals surface area contributed by atoms with Crippen LogP contribution in [-0.4, -0.2) is 0 Å². The van der Waals surface area contributed by atoms with Crippen LogP contribution in [-0.2, 0) is 0 Å². The summed E-state index contributed by atoms with van der Waals surface area (Å²) in [7, 11) is 0. The van der Waals surface area contributed by atoms with Crippen LogP contribution in [0.1, 0.15) is 11.1 Å². The third-order valence-corrected chi connectivity index (χ3v) is 0.994. The minimum Gasteiger partial charge on any atom is -0.319 e. The average Bonchev–Trinajstić information content (AvgIpc) is 1.64. The molecule has 2 heteroatoms. The number of hydrogen-bond donors (Lipinski definition) is 0. The van der Waals surface area contributed by atoms with E-state index < -0.39 is 0 Å². The predicted octanol–water partition coefficient (Wildman–Crippen LogP) is -4.09. The average molecular weight is 275 g/mol. The van der Waals surface area contributed by atoms with Crippen molar-refractivity contribution < 1.29 is 116 Å². The summed E-state index contributed by atoms with van der Waals surface area (Å²) in [5.74, 6) is 0. The molecule has 0 unspecified atom stereocenters. The number of aryl methyl sites for hydroxylation is 2. The van der Waals surface area contributed by atoms with Crippen LogP contribution in [0.4, 0.5) is 0 Å². The summed E-state index contributed by atoms with van der Waals surface area (Å²) in [6, 6.07) is 9.98. The molecule has 0 fully saturated rings. The largest absolute Gasteiger partial charge is 1.00 e. The van der Waals surface area contributed by atoms with Crippen LogP contribution in [0.15, 0.2) is 12.1 Å². The molecule has 0 spiro atoms. The van der Waals surface area contributed by atoms with Crippen molar-refractivity contribution >= 4 is 0 Å². The second-order valence-corrected chi connectivity index (χ2v) is 1.95. The Bertz CT molecular complexity index is 167. The molecule has 0 aromatic heterocycles. The van der Waals surface area contributed by atoms with E-state index in [-0.39, 0.29) is 116 Å². The van der Waals surface area contributed by atoms with Crippen molar-refractivity contribution in [1.82, 2.24) is 0 Å². The molecule has 1 aromatic rings. The topological polar surface area (TPSA) is 0 Å². The molecule has 42 valence electrons.